The molecule has 0 saturated carbocycles. The summed E-state index contributed by atoms with van der Waals surface area (Å²) in [4.78, 5) is 21.8. The third-order valence-corrected chi connectivity index (χ3v) is 3.13. The Labute approximate surface area is 147 Å². The highest BCUT2D eigenvalue weighted by molar-refractivity contribution is 5.90. The van der Waals surface area contributed by atoms with Crippen molar-refractivity contribution in [2.75, 3.05) is 0 Å². The molecule has 0 radical (unpaired) electrons. The third kappa shape index (κ3) is 4.78. The van der Waals surface area contributed by atoms with Crippen molar-refractivity contribution in [3.05, 3.63) is 59.4 Å². The number of aromatic hydroxyl groups is 3. The van der Waals surface area contributed by atoms with Crippen LogP contribution in [0.2, 0.25) is 0 Å². The molecule has 5 N–H and O–H groups in total. The SMILES string of the molecule is O=C(O)/C=C/c1ccc(O/C(=C\c2ccc(O)c(O)c2)C(=O)O)c(O)c1. The summed E-state index contributed by atoms with van der Waals surface area (Å²) in [6.45, 7) is 0. The van der Waals surface area contributed by atoms with Gasteiger partial charge in [0, 0.05) is 6.08 Å². The van der Waals surface area contributed by atoms with E-state index in [1.165, 1.54) is 36.4 Å². The second-order valence-electron chi connectivity index (χ2n) is 5.06. The molecule has 2 aromatic carbocycles. The van der Waals surface area contributed by atoms with Crippen LogP contribution < -0.4 is 4.74 Å². The minimum atomic E-state index is -1.42. The van der Waals surface area contributed by atoms with Crippen LogP contribution in [0.15, 0.2) is 48.2 Å². The molecule has 8 nitrogen and oxygen atoms in total. The van der Waals surface area contributed by atoms with Crippen LogP contribution in [0.5, 0.6) is 23.0 Å². The quantitative estimate of drug-likeness (QED) is 0.301. The zero-order valence-corrected chi connectivity index (χ0v) is 13.2. The lowest BCUT2D eigenvalue weighted by atomic mass is 10.1. The minimum Gasteiger partial charge on any atom is -0.504 e. The van der Waals surface area contributed by atoms with Crippen LogP contribution in [-0.4, -0.2) is 37.5 Å². The van der Waals surface area contributed by atoms with Gasteiger partial charge in [0.05, 0.1) is 0 Å². The van der Waals surface area contributed by atoms with E-state index in [-0.39, 0.29) is 17.1 Å². The second kappa shape index (κ2) is 7.75. The Morgan fingerprint density at radius 2 is 1.50 bits per heavy atom. The number of rotatable bonds is 6. The Balaban J connectivity index is 2.30. The molecule has 0 spiro atoms. The van der Waals surface area contributed by atoms with Crippen molar-refractivity contribution < 1.29 is 39.9 Å². The highest BCUT2D eigenvalue weighted by Crippen LogP contribution is 2.30. The zero-order chi connectivity index (χ0) is 19.3. The van der Waals surface area contributed by atoms with E-state index in [0.29, 0.717) is 5.56 Å². The van der Waals surface area contributed by atoms with Gasteiger partial charge in [0.1, 0.15) is 0 Å². The van der Waals surface area contributed by atoms with Crippen LogP contribution in [-0.2, 0) is 9.59 Å². The van der Waals surface area contributed by atoms with E-state index in [4.69, 9.17) is 9.84 Å². The van der Waals surface area contributed by atoms with Crippen LogP contribution in [0.25, 0.3) is 12.2 Å². The van der Waals surface area contributed by atoms with Crippen molar-refractivity contribution >= 4 is 24.1 Å². The lowest BCUT2D eigenvalue weighted by Gasteiger charge is -2.09. The van der Waals surface area contributed by atoms with Gasteiger partial charge in [-0.05, 0) is 47.5 Å². The molecular formula is C18H14O8. The van der Waals surface area contributed by atoms with Crippen molar-refractivity contribution in [1.82, 2.24) is 0 Å². The molecule has 0 bridgehead atoms. The molecule has 134 valence electrons. The second-order valence-corrected chi connectivity index (χ2v) is 5.06. The van der Waals surface area contributed by atoms with Crippen LogP contribution in [0, 0.1) is 0 Å². The first-order valence-electron chi connectivity index (χ1n) is 7.15. The summed E-state index contributed by atoms with van der Waals surface area (Å²) in [5, 5.41) is 46.5. The number of carbonyl (C=O) groups is 2. The van der Waals surface area contributed by atoms with Gasteiger partial charge >= 0.3 is 11.9 Å². The number of benzene rings is 2. The number of phenols is 3. The van der Waals surface area contributed by atoms with Crippen LogP contribution in [0.3, 0.4) is 0 Å². The maximum Gasteiger partial charge on any atom is 0.371 e. The molecule has 26 heavy (non-hydrogen) atoms. The average Bonchev–Trinajstić information content (AvgIpc) is 2.57. The van der Waals surface area contributed by atoms with E-state index in [1.54, 1.807) is 0 Å². The van der Waals surface area contributed by atoms with Crippen molar-refractivity contribution in [3.8, 4) is 23.0 Å². The Bertz CT molecular complexity index is 911. The predicted octanol–water partition coefficient (Wildman–Crippen LogP) is 2.41. The van der Waals surface area contributed by atoms with Gasteiger partial charge in [0.2, 0.25) is 5.76 Å². The molecule has 0 atom stereocenters. The van der Waals surface area contributed by atoms with E-state index < -0.39 is 29.2 Å². The van der Waals surface area contributed by atoms with Gasteiger partial charge in [-0.25, -0.2) is 9.59 Å². The van der Waals surface area contributed by atoms with E-state index in [2.05, 4.69) is 0 Å². The number of carboxylic acid groups (broad SMARTS) is 2. The topological polar surface area (TPSA) is 145 Å². The van der Waals surface area contributed by atoms with Crippen LogP contribution in [0.1, 0.15) is 11.1 Å². The highest BCUT2D eigenvalue weighted by atomic mass is 16.5. The van der Waals surface area contributed by atoms with E-state index in [1.807, 2.05) is 0 Å². The zero-order valence-electron chi connectivity index (χ0n) is 13.2. The molecule has 8 heteroatoms. The van der Waals surface area contributed by atoms with Gasteiger partial charge in [0.25, 0.3) is 0 Å². The van der Waals surface area contributed by atoms with Crippen molar-refractivity contribution in [1.29, 1.82) is 0 Å². The van der Waals surface area contributed by atoms with Crippen molar-refractivity contribution in [2.45, 2.75) is 0 Å². The Hall–Kier alpha value is -3.94. The number of aliphatic carboxylic acids is 2. The Kier molecular flexibility index (Phi) is 5.49. The summed E-state index contributed by atoms with van der Waals surface area (Å²) in [6, 6.07) is 7.60. The molecule has 0 fully saturated rings. The fraction of sp³-hybridized carbons (Fsp3) is 0. The van der Waals surface area contributed by atoms with Crippen molar-refractivity contribution in [3.63, 3.8) is 0 Å². The molecular weight excluding hydrogens is 344 g/mol. The maximum atomic E-state index is 11.4. The van der Waals surface area contributed by atoms with Gasteiger partial charge < -0.3 is 30.3 Å². The summed E-state index contributed by atoms with van der Waals surface area (Å²) < 4.78 is 5.19. The number of hydrogen-bond donors (Lipinski definition) is 5. The molecule has 0 aliphatic rings. The molecule has 0 amide bonds. The van der Waals surface area contributed by atoms with Gasteiger partial charge in [-0.15, -0.1) is 0 Å². The lowest BCUT2D eigenvalue weighted by molar-refractivity contribution is -0.135. The summed E-state index contributed by atoms with van der Waals surface area (Å²) in [6.07, 6.45) is 3.23. The largest absolute Gasteiger partial charge is 0.504 e. The first-order chi connectivity index (χ1) is 12.3. The van der Waals surface area contributed by atoms with Gasteiger partial charge in [-0.3, -0.25) is 0 Å². The average molecular weight is 358 g/mol. The molecule has 2 aromatic rings. The summed E-state index contributed by atoms with van der Waals surface area (Å²) in [7, 11) is 0. The van der Waals surface area contributed by atoms with Gasteiger partial charge in [-0.2, -0.15) is 0 Å². The highest BCUT2D eigenvalue weighted by Gasteiger charge is 2.14. The van der Waals surface area contributed by atoms with E-state index >= 15 is 0 Å². The van der Waals surface area contributed by atoms with E-state index in [0.717, 1.165) is 18.2 Å². The molecule has 0 heterocycles. The lowest BCUT2D eigenvalue weighted by Crippen LogP contribution is -2.07. The summed E-state index contributed by atoms with van der Waals surface area (Å²) in [5.41, 5.74) is 0.625. The summed E-state index contributed by atoms with van der Waals surface area (Å²) in [5.74, 6) is -4.46. The fourth-order valence-corrected chi connectivity index (χ4v) is 1.93. The Morgan fingerprint density at radius 3 is 2.08 bits per heavy atom. The molecule has 0 saturated heterocycles. The van der Waals surface area contributed by atoms with Gasteiger partial charge in [0.15, 0.2) is 23.0 Å². The van der Waals surface area contributed by atoms with Crippen LogP contribution >= 0.6 is 0 Å². The standard InChI is InChI=1S/C18H14O8/c19-12-4-1-11(8-13(12)20)9-16(18(24)25)26-15-5-2-10(7-14(15)21)3-6-17(22)23/h1-9,19-21H,(H,22,23)(H,24,25)/b6-3+,16-9-. The first kappa shape index (κ1) is 18.4. The smallest absolute Gasteiger partial charge is 0.371 e. The minimum absolute atomic E-state index is 0.158. The molecule has 2 rings (SSSR count). The number of ether oxygens (including phenoxy) is 1. The molecule has 0 unspecified atom stereocenters. The summed E-state index contributed by atoms with van der Waals surface area (Å²) >= 11 is 0. The predicted molar refractivity (Wildman–Crippen MR) is 90.8 cm³/mol. The van der Waals surface area contributed by atoms with Crippen molar-refractivity contribution in [2.24, 2.45) is 0 Å². The number of hydrogen-bond acceptors (Lipinski definition) is 6. The van der Waals surface area contributed by atoms with E-state index in [9.17, 15) is 30.0 Å². The molecule has 0 aromatic heterocycles. The number of carboxylic acids is 2. The fourth-order valence-electron chi connectivity index (χ4n) is 1.93. The normalized spacial score (nSPS) is 11.5. The molecule has 0 aliphatic heterocycles. The molecule has 0 aliphatic carbocycles. The van der Waals surface area contributed by atoms with Gasteiger partial charge in [-0.1, -0.05) is 12.1 Å². The van der Waals surface area contributed by atoms with Crippen LogP contribution in [0.4, 0.5) is 0 Å². The third-order valence-electron chi connectivity index (χ3n) is 3.13. The first-order valence-corrected chi connectivity index (χ1v) is 7.15. The monoisotopic (exact) mass is 358 g/mol. The Morgan fingerprint density at radius 1 is 0.846 bits per heavy atom. The maximum absolute atomic E-state index is 11.4. The number of phenolic OH excluding ortho intramolecular Hbond substituents is 3.